The van der Waals surface area contributed by atoms with Crippen LogP contribution < -0.4 is 10.2 Å². The van der Waals surface area contributed by atoms with Crippen molar-refractivity contribution in [3.63, 3.8) is 0 Å². The number of rotatable bonds is 4. The molecule has 0 radical (unpaired) electrons. The molecular formula is C19H21N3O3. The Morgan fingerprint density at radius 1 is 1.28 bits per heavy atom. The lowest BCUT2D eigenvalue weighted by molar-refractivity contribution is 0.0939. The molecule has 0 spiro atoms. The molecule has 3 N–H and O–H groups in total. The number of hydrogen-bond donors (Lipinski definition) is 3. The van der Waals surface area contributed by atoms with Gasteiger partial charge in [0, 0.05) is 30.1 Å². The Bertz CT molecular complexity index is 818. The van der Waals surface area contributed by atoms with Crippen LogP contribution in [-0.2, 0) is 0 Å². The largest absolute Gasteiger partial charge is 0.493 e. The minimum atomic E-state index is -1.10. The highest BCUT2D eigenvalue weighted by Gasteiger charge is 2.33. The van der Waals surface area contributed by atoms with Gasteiger partial charge in [-0.2, -0.15) is 0 Å². The Morgan fingerprint density at radius 3 is 2.68 bits per heavy atom. The zero-order valence-electron chi connectivity index (χ0n) is 14.2. The molecule has 0 bridgehead atoms. The number of fused-ring (bicyclic) bond motifs is 1. The topological polar surface area (TPSA) is 85.7 Å². The molecular weight excluding hydrogens is 318 g/mol. The first-order chi connectivity index (χ1) is 12.0. The number of nitrogens with zero attached hydrogens (tertiary/aromatic N) is 2. The van der Waals surface area contributed by atoms with Crippen molar-refractivity contribution in [1.82, 2.24) is 10.3 Å². The maximum absolute atomic E-state index is 12.5. The van der Waals surface area contributed by atoms with Crippen LogP contribution in [0.3, 0.4) is 0 Å². The molecule has 0 saturated carbocycles. The van der Waals surface area contributed by atoms with Crippen molar-refractivity contribution in [2.75, 3.05) is 11.4 Å². The highest BCUT2D eigenvalue weighted by atomic mass is 16.3. The summed E-state index contributed by atoms with van der Waals surface area (Å²) in [6.07, 6.45) is 2.74. The molecule has 1 atom stereocenters. The van der Waals surface area contributed by atoms with Crippen molar-refractivity contribution in [1.29, 1.82) is 0 Å². The number of nitrogens with one attached hydrogen (secondary N) is 1. The standard InChI is InChI=1S/C19H21N3O3/c1-3-11-22-14-6-4-5-12(2)15(14)17(23)16(19(22)25)21-18(24)13-7-9-20-10-8-13/h4-10,17,23,25H,3,11H2,1-2H3,(H,21,24). The van der Waals surface area contributed by atoms with Crippen LogP contribution in [-0.4, -0.2) is 27.6 Å². The minimum Gasteiger partial charge on any atom is -0.493 e. The number of anilines is 1. The number of hydrogen-bond acceptors (Lipinski definition) is 5. The van der Waals surface area contributed by atoms with E-state index in [1.165, 1.54) is 12.4 Å². The van der Waals surface area contributed by atoms with E-state index in [2.05, 4.69) is 10.3 Å². The molecule has 1 aliphatic rings. The summed E-state index contributed by atoms with van der Waals surface area (Å²) in [5, 5.41) is 24.1. The highest BCUT2D eigenvalue weighted by molar-refractivity contribution is 5.95. The van der Waals surface area contributed by atoms with Gasteiger partial charge in [0.25, 0.3) is 5.91 Å². The van der Waals surface area contributed by atoms with Crippen molar-refractivity contribution in [2.45, 2.75) is 26.4 Å². The molecule has 1 aromatic heterocycles. The van der Waals surface area contributed by atoms with Crippen LogP contribution in [0.2, 0.25) is 0 Å². The van der Waals surface area contributed by atoms with Crippen molar-refractivity contribution in [3.8, 4) is 0 Å². The Hall–Kier alpha value is -2.86. The van der Waals surface area contributed by atoms with Crippen LogP contribution >= 0.6 is 0 Å². The average Bonchev–Trinajstić information content (AvgIpc) is 2.62. The number of aromatic nitrogens is 1. The van der Waals surface area contributed by atoms with Gasteiger partial charge in [0.1, 0.15) is 11.8 Å². The Balaban J connectivity index is 2.01. The second-order valence-electron chi connectivity index (χ2n) is 5.99. The van der Waals surface area contributed by atoms with Gasteiger partial charge in [-0.1, -0.05) is 19.1 Å². The second-order valence-corrected chi connectivity index (χ2v) is 5.99. The van der Waals surface area contributed by atoms with Gasteiger partial charge in [0.05, 0.1) is 5.69 Å². The van der Waals surface area contributed by atoms with E-state index in [-0.39, 0.29) is 11.6 Å². The van der Waals surface area contributed by atoms with Gasteiger partial charge in [-0.3, -0.25) is 9.78 Å². The molecule has 0 fully saturated rings. The first-order valence-corrected chi connectivity index (χ1v) is 8.24. The molecule has 130 valence electrons. The predicted octanol–water partition coefficient (Wildman–Crippen LogP) is 2.81. The van der Waals surface area contributed by atoms with Gasteiger partial charge in [0.15, 0.2) is 0 Å². The number of amides is 1. The summed E-state index contributed by atoms with van der Waals surface area (Å²) >= 11 is 0. The van der Waals surface area contributed by atoms with E-state index in [0.717, 1.165) is 17.7 Å². The first-order valence-electron chi connectivity index (χ1n) is 8.24. The number of carbonyl (C=O) groups is 1. The van der Waals surface area contributed by atoms with Crippen molar-refractivity contribution in [3.05, 3.63) is 71.0 Å². The quantitative estimate of drug-likeness (QED) is 0.797. The molecule has 2 aromatic rings. The predicted molar refractivity (Wildman–Crippen MR) is 95.1 cm³/mol. The normalized spacial score (nSPS) is 16.6. The number of carbonyl (C=O) groups excluding carboxylic acids is 1. The van der Waals surface area contributed by atoms with E-state index in [0.29, 0.717) is 17.7 Å². The molecule has 0 aliphatic carbocycles. The summed E-state index contributed by atoms with van der Waals surface area (Å²) < 4.78 is 0. The van der Waals surface area contributed by atoms with E-state index >= 15 is 0 Å². The van der Waals surface area contributed by atoms with E-state index in [1.54, 1.807) is 17.0 Å². The number of aryl methyl sites for hydroxylation is 1. The van der Waals surface area contributed by atoms with Crippen molar-refractivity contribution >= 4 is 11.6 Å². The summed E-state index contributed by atoms with van der Waals surface area (Å²) in [7, 11) is 0. The lowest BCUT2D eigenvalue weighted by atomic mass is 9.94. The fourth-order valence-electron chi connectivity index (χ4n) is 3.05. The first kappa shape index (κ1) is 17.0. The van der Waals surface area contributed by atoms with Crippen molar-refractivity contribution < 1.29 is 15.0 Å². The fraction of sp³-hybridized carbons (Fsp3) is 0.263. The van der Waals surface area contributed by atoms with E-state index < -0.39 is 12.0 Å². The lowest BCUT2D eigenvalue weighted by Crippen LogP contribution is -2.38. The number of benzene rings is 1. The molecule has 1 unspecified atom stereocenters. The monoisotopic (exact) mass is 339 g/mol. The van der Waals surface area contributed by atoms with Crippen LogP contribution in [0.5, 0.6) is 0 Å². The minimum absolute atomic E-state index is 0.0945. The zero-order valence-corrected chi connectivity index (χ0v) is 14.2. The molecule has 1 aliphatic heterocycles. The fourth-order valence-corrected chi connectivity index (χ4v) is 3.05. The number of aliphatic hydroxyl groups is 2. The molecule has 25 heavy (non-hydrogen) atoms. The lowest BCUT2D eigenvalue weighted by Gasteiger charge is -2.35. The third kappa shape index (κ3) is 3.08. The molecule has 0 saturated heterocycles. The Morgan fingerprint density at radius 2 is 2.00 bits per heavy atom. The Labute approximate surface area is 146 Å². The van der Waals surface area contributed by atoms with E-state index in [4.69, 9.17) is 0 Å². The summed E-state index contributed by atoms with van der Waals surface area (Å²) in [6, 6.07) is 8.80. The maximum Gasteiger partial charge on any atom is 0.255 e. The zero-order chi connectivity index (χ0) is 18.0. The molecule has 1 amide bonds. The van der Waals surface area contributed by atoms with Crippen LogP contribution in [0.25, 0.3) is 0 Å². The van der Waals surface area contributed by atoms with E-state index in [9.17, 15) is 15.0 Å². The van der Waals surface area contributed by atoms with Gasteiger partial charge in [0.2, 0.25) is 5.88 Å². The summed E-state index contributed by atoms with van der Waals surface area (Å²) in [6.45, 7) is 4.48. The smallest absolute Gasteiger partial charge is 0.255 e. The molecule has 1 aromatic carbocycles. The van der Waals surface area contributed by atoms with Crippen LogP contribution in [0.15, 0.2) is 54.3 Å². The van der Waals surface area contributed by atoms with Gasteiger partial charge in [-0.25, -0.2) is 0 Å². The van der Waals surface area contributed by atoms with Crippen LogP contribution in [0.4, 0.5) is 5.69 Å². The van der Waals surface area contributed by atoms with Gasteiger partial charge >= 0.3 is 0 Å². The average molecular weight is 339 g/mol. The summed E-state index contributed by atoms with van der Waals surface area (Å²) in [5.74, 6) is -0.536. The van der Waals surface area contributed by atoms with Gasteiger partial charge in [-0.15, -0.1) is 0 Å². The summed E-state index contributed by atoms with van der Waals surface area (Å²) in [5.41, 5.74) is 2.85. The molecule has 2 heterocycles. The third-order valence-electron chi connectivity index (χ3n) is 4.27. The Kier molecular flexibility index (Phi) is 4.72. The van der Waals surface area contributed by atoms with Crippen LogP contribution in [0.1, 0.15) is 40.9 Å². The number of pyridine rings is 1. The maximum atomic E-state index is 12.5. The molecule has 3 rings (SSSR count). The second kappa shape index (κ2) is 6.94. The SMILES string of the molecule is CCCN1C(O)=C(NC(=O)c2ccncc2)C(O)c2c(C)cccc21. The van der Waals surface area contributed by atoms with Crippen LogP contribution in [0, 0.1) is 6.92 Å². The molecule has 6 heteroatoms. The van der Waals surface area contributed by atoms with Crippen molar-refractivity contribution in [2.24, 2.45) is 0 Å². The van der Waals surface area contributed by atoms with Gasteiger partial charge in [-0.05, 0) is 37.1 Å². The van der Waals surface area contributed by atoms with E-state index in [1.807, 2.05) is 32.0 Å². The van der Waals surface area contributed by atoms with Gasteiger partial charge < -0.3 is 20.4 Å². The highest BCUT2D eigenvalue weighted by Crippen LogP contribution is 2.39. The number of aliphatic hydroxyl groups excluding tert-OH is 2. The summed E-state index contributed by atoms with van der Waals surface area (Å²) in [4.78, 5) is 18.1. The third-order valence-corrected chi connectivity index (χ3v) is 4.27. The molecule has 6 nitrogen and oxygen atoms in total.